The first-order chi connectivity index (χ1) is 63.7. The summed E-state index contributed by atoms with van der Waals surface area (Å²) in [7, 11) is 3.80. The number of unbranched alkanes of at least 4 members (excludes halogenated alkanes) is 1. The Kier molecular flexibility index (Phi) is 36.8. The van der Waals surface area contributed by atoms with Crippen molar-refractivity contribution in [1.82, 2.24) is 79.5 Å². The van der Waals surface area contributed by atoms with Gasteiger partial charge < -0.3 is 84.2 Å². The minimum atomic E-state index is -0.555. The number of ketones is 2. The van der Waals surface area contributed by atoms with Crippen molar-refractivity contribution in [1.29, 1.82) is 0 Å². The van der Waals surface area contributed by atoms with Gasteiger partial charge in [0.15, 0.2) is 34.7 Å². The minimum absolute atomic E-state index is 0. The van der Waals surface area contributed by atoms with Crippen LogP contribution in [0, 0.1) is 50.8 Å². The quantitative estimate of drug-likeness (QED) is 0.0146. The fourth-order valence-electron chi connectivity index (χ4n) is 16.7. The number of hydrogen-bond donors (Lipinski definition) is 4. The van der Waals surface area contributed by atoms with Gasteiger partial charge in [-0.25, -0.2) is 47.8 Å². The fourth-order valence-corrected chi connectivity index (χ4v) is 16.7. The Morgan fingerprint density at radius 3 is 1.50 bits per heavy atom. The number of ether oxygens (including phenoxy) is 3. The van der Waals surface area contributed by atoms with Crippen molar-refractivity contribution >= 4 is 80.7 Å². The Labute approximate surface area is 827 Å². The molecule has 31 nitrogen and oxygen atoms in total. The monoisotopic (exact) mass is 1960 g/mol. The van der Waals surface area contributed by atoms with Crippen LogP contribution in [0.25, 0.3) is 54.3 Å². The molecular weight excluding hydrogens is 1860 g/mol. The van der Waals surface area contributed by atoms with Crippen molar-refractivity contribution in [3.05, 3.63) is 277 Å². The number of carbonyl (C=O) groups is 8. The van der Waals surface area contributed by atoms with E-state index in [2.05, 4.69) is 79.4 Å². The molecule has 690 valence electrons. The van der Waals surface area contributed by atoms with Crippen molar-refractivity contribution in [3.63, 3.8) is 0 Å². The van der Waals surface area contributed by atoms with E-state index >= 15 is 8.78 Å². The molecule has 0 bridgehead atoms. The zero-order chi connectivity index (χ0) is 93.6. The third-order valence-electron chi connectivity index (χ3n) is 23.7. The van der Waals surface area contributed by atoms with E-state index in [-0.39, 0.29) is 201 Å². The Hall–Kier alpha value is -12.6. The summed E-state index contributed by atoms with van der Waals surface area (Å²) in [4.78, 5) is 133. The molecule has 5 atom stereocenters. The van der Waals surface area contributed by atoms with Crippen LogP contribution >= 0.6 is 0 Å². The molecule has 4 aromatic heterocycles. The molecule has 2 aliphatic carbocycles. The molecule has 2 radical (unpaired) electrons. The molecule has 6 amide bonds. The van der Waals surface area contributed by atoms with Gasteiger partial charge in [0.25, 0.3) is 11.8 Å². The molecule has 4 fully saturated rings. The number of anilines is 2. The van der Waals surface area contributed by atoms with Gasteiger partial charge in [0, 0.05) is 160 Å². The van der Waals surface area contributed by atoms with Crippen molar-refractivity contribution in [2.45, 2.75) is 140 Å². The van der Waals surface area contributed by atoms with Crippen LogP contribution in [0.5, 0.6) is 23.0 Å². The first kappa shape index (κ1) is 102. The summed E-state index contributed by atoms with van der Waals surface area (Å²) in [5.41, 5.74) is 19.6. The Bertz CT molecular complexity index is 6020. The topological polar surface area (TPSA) is 356 Å². The number of aromatic nitrogens is 8. The summed E-state index contributed by atoms with van der Waals surface area (Å²) in [6.45, 7) is 37.7. The molecule has 6 N–H and O–H groups in total. The molecule has 6 aliphatic rings. The van der Waals surface area contributed by atoms with Crippen molar-refractivity contribution in [2.75, 3.05) is 84.6 Å². The van der Waals surface area contributed by atoms with Gasteiger partial charge in [-0.1, -0.05) is 84.0 Å². The van der Waals surface area contributed by atoms with E-state index < -0.39 is 11.6 Å². The molecule has 16 rings (SSSR count). The van der Waals surface area contributed by atoms with E-state index in [4.69, 9.17) is 49.0 Å². The van der Waals surface area contributed by atoms with Crippen LogP contribution < -0.4 is 31.6 Å². The van der Waals surface area contributed by atoms with Gasteiger partial charge in [0.05, 0.1) is 86.2 Å². The van der Waals surface area contributed by atoms with Gasteiger partial charge in [0.1, 0.15) is 70.3 Å². The van der Waals surface area contributed by atoms with Crippen LogP contribution in [0.4, 0.5) is 20.4 Å². The first-order valence-corrected chi connectivity index (χ1v) is 43.7. The summed E-state index contributed by atoms with van der Waals surface area (Å²) in [6, 6.07) is 43.0. The molecule has 2 saturated carbocycles. The molecule has 3 unspecified atom stereocenters. The SMILES string of the molecule is C=C1CCC(N2Cc3[c-]cccc3C2=O)C(=O)C1.C=C1CCC(N2Cc3[c-]cccc3C2=O)C(=O)C1.[C-]#[N+]/C(=C\C(C)N(C)CCOCCNC([CH2-])=O)C(=O)N1CCC[C@H]1Cn1nc(-c2ccc(Oc3ccccc3)cc2F)c2c(N)ncnc21.[C-]#[N+]/C(=C\CN(C)CCCCNC([CH2-])=O)C(=O)N1CCC[C@H]1Cn1nc(-c2ccc(Oc3ccccc3)cc2F)c2c(N)ncnc21.[Y].[Y]. The number of hydrogen-bond acceptors (Lipinski definition) is 21. The number of carbonyl (C=O) groups excluding carboxylic acids is 8. The fraction of sp³-hybridized carbons (Fsp3) is 0.333. The van der Waals surface area contributed by atoms with Crippen molar-refractivity contribution in [3.8, 4) is 45.5 Å². The Balaban J connectivity index is 0.000000187. The van der Waals surface area contributed by atoms with Crippen LogP contribution in [0.1, 0.15) is 116 Å². The van der Waals surface area contributed by atoms with E-state index in [9.17, 15) is 38.4 Å². The predicted octanol–water partition coefficient (Wildman–Crippen LogP) is 12.8. The second-order valence-corrected chi connectivity index (χ2v) is 32.9. The third kappa shape index (κ3) is 25.7. The van der Waals surface area contributed by atoms with Crippen LogP contribution in [0.3, 0.4) is 0 Å². The number of nitrogens with two attached hydrogens (primary N) is 2. The molecule has 35 heteroatoms. The average Bonchev–Trinajstić information content (AvgIpc) is 1.61. The van der Waals surface area contributed by atoms with Crippen LogP contribution in [-0.4, -0.2) is 219 Å². The largest absolute Gasteiger partial charge is 0.457 e. The number of rotatable bonds is 29. The molecule has 4 aliphatic heterocycles. The number of halogens is 2. The van der Waals surface area contributed by atoms with Gasteiger partial charge in [-0.15, -0.1) is 11.1 Å². The summed E-state index contributed by atoms with van der Waals surface area (Å²) < 4.78 is 51.5. The van der Waals surface area contributed by atoms with E-state index in [1.54, 1.807) is 114 Å². The second kappa shape index (κ2) is 48.4. The molecule has 10 aromatic rings. The van der Waals surface area contributed by atoms with Gasteiger partial charge in [0.2, 0.25) is 11.4 Å². The van der Waals surface area contributed by atoms with E-state index in [0.29, 0.717) is 160 Å². The number of likely N-dealkylation sites (tertiary alicyclic amines) is 2. The number of fused-ring (bicyclic) bond motifs is 4. The van der Waals surface area contributed by atoms with Gasteiger partial charge >= 0.3 is 0 Å². The minimum Gasteiger partial charge on any atom is -0.457 e. The van der Waals surface area contributed by atoms with Gasteiger partial charge in [-0.2, -0.15) is 58.7 Å². The summed E-state index contributed by atoms with van der Waals surface area (Å²) in [5, 5.41) is 15.5. The maximum atomic E-state index is 15.6. The number of amides is 6. The van der Waals surface area contributed by atoms with Crippen LogP contribution in [0.15, 0.2) is 194 Å². The smallest absolute Gasteiger partial charge is 0.252 e. The number of benzene rings is 6. The second-order valence-electron chi connectivity index (χ2n) is 32.9. The maximum Gasteiger partial charge on any atom is 0.252 e. The number of likely N-dealkylation sites (N-methyl/N-ethyl adjacent to an activating group) is 2. The number of allylic oxidation sites excluding steroid dienone is 2. The molecule has 8 heterocycles. The molecule has 6 aromatic carbocycles. The molecular formula is C99H104F2N20O11Y2-4. The number of nitrogen functional groups attached to an aromatic ring is 2. The average molecular weight is 1970 g/mol. The standard InChI is InChI=1S/C35H39FN9O4.C34H37FN9O3.2C15H14NO2.2Y/c1-23(43(4)16-18-48-17-14-39-24(2)46)19-30(38-3)35(47)44-15-8-9-25(44)21-45-34-31(33(37)40-22-41-34)32(42-45)28-13-12-27(20-29(28)36)49-26-10-6-5-7-11-26;1-23(45)38-16-7-8-17-42(3)19-15-29(37-2)34(46)43-18-9-10-24(43)21-44-33-30(32(36)39-22-40-33)31(41-44)27-14-13-26(20-28(27)35)47-25-11-5-4-6-12-25;2*1-10-6-7-13(14(17)8-10)16-9-11-4-2-3-5-12(11)15(16)18;;/h5-7,10-13,19-20,22-23,25H,2,8-9,14-18,21H2,1,4H3,(H,39,46)(H2,37,40,41);4-6,11-15,20,22,24H,1,7-10,16-19,21H2,3H3,(H,38,45)(H2,36,39,40);2*2-3,5,13H,1,6-9H2;;/q4*-1;;/b30-19-;29-15-;;;;/t23?,25-;24-;;;;/m00..../s1. The van der Waals surface area contributed by atoms with Gasteiger partial charge in [-0.05, 0) is 140 Å². The zero-order valence-corrected chi connectivity index (χ0v) is 80.8. The number of para-hydroxylation sites is 2. The number of Topliss-reactive ketones (excluding diaryl/α,β-unsaturated/α-hetero) is 2. The normalized spacial score (nSPS) is 17.1. The molecule has 134 heavy (non-hydrogen) atoms. The van der Waals surface area contributed by atoms with E-state index in [1.807, 2.05) is 79.3 Å². The molecule has 0 spiro atoms. The summed E-state index contributed by atoms with van der Waals surface area (Å²) in [6.07, 6.45) is 14.5. The maximum absolute atomic E-state index is 15.6. The van der Waals surface area contributed by atoms with E-state index in [0.717, 1.165) is 67.3 Å². The van der Waals surface area contributed by atoms with Crippen LogP contribution in [0.2, 0.25) is 0 Å². The Morgan fingerprint density at radius 2 is 1.06 bits per heavy atom. The predicted molar refractivity (Wildman–Crippen MR) is 492 cm³/mol. The zero-order valence-electron chi connectivity index (χ0n) is 75.1. The van der Waals surface area contributed by atoms with E-state index in [1.165, 1.54) is 24.8 Å². The summed E-state index contributed by atoms with van der Waals surface area (Å²) in [5.74, 6) is -0.143. The van der Waals surface area contributed by atoms with Crippen molar-refractivity contribution < 1.29 is 127 Å². The molecule has 2 saturated heterocycles. The first-order valence-electron chi connectivity index (χ1n) is 43.7. The van der Waals surface area contributed by atoms with Gasteiger partial charge in [-0.3, -0.25) is 33.7 Å². The number of nitrogens with zero attached hydrogens (tertiary/aromatic N) is 16. The number of nitrogens with one attached hydrogen (secondary N) is 2. The Morgan fingerprint density at radius 1 is 0.597 bits per heavy atom. The van der Waals surface area contributed by atoms with Crippen LogP contribution in [-0.2, 0) is 125 Å². The summed E-state index contributed by atoms with van der Waals surface area (Å²) >= 11 is 0. The van der Waals surface area contributed by atoms with Crippen molar-refractivity contribution in [2.24, 2.45) is 0 Å². The third-order valence-corrected chi connectivity index (χ3v) is 23.7.